The van der Waals surface area contributed by atoms with Gasteiger partial charge in [0, 0.05) is 5.41 Å². The lowest BCUT2D eigenvalue weighted by Crippen LogP contribution is -2.40. The van der Waals surface area contributed by atoms with Crippen molar-refractivity contribution in [1.29, 1.82) is 0 Å². The first kappa shape index (κ1) is 9.03. The molecule has 1 aliphatic heterocycles. The van der Waals surface area contributed by atoms with Crippen LogP contribution in [-0.2, 0) is 0 Å². The van der Waals surface area contributed by atoms with Crippen LogP contribution in [-0.4, -0.2) is 35.0 Å². The number of carboxylic acid groups (broad SMARTS) is 1. The van der Waals surface area contributed by atoms with Crippen LogP contribution in [0.2, 0.25) is 0 Å². The molecule has 0 atom stereocenters. The van der Waals surface area contributed by atoms with E-state index in [0.29, 0.717) is 18.9 Å². The van der Waals surface area contributed by atoms with Crippen LogP contribution in [0.4, 0.5) is 4.79 Å². The number of amidine groups is 1. The third-order valence-electron chi connectivity index (χ3n) is 1.74. The van der Waals surface area contributed by atoms with Gasteiger partial charge in [-0.2, -0.15) is 0 Å². The van der Waals surface area contributed by atoms with Gasteiger partial charge in [0.1, 0.15) is 5.84 Å². The summed E-state index contributed by atoms with van der Waals surface area (Å²) >= 11 is 0. The van der Waals surface area contributed by atoms with E-state index in [2.05, 4.69) is 4.99 Å². The van der Waals surface area contributed by atoms with Crippen LogP contribution in [0, 0.1) is 5.41 Å². The van der Waals surface area contributed by atoms with E-state index in [1.165, 1.54) is 4.90 Å². The molecule has 4 heteroatoms. The molecule has 1 amide bonds. The van der Waals surface area contributed by atoms with Crippen molar-refractivity contribution in [3.8, 4) is 0 Å². The monoisotopic (exact) mass is 170 g/mol. The van der Waals surface area contributed by atoms with Crippen LogP contribution in [0.25, 0.3) is 0 Å². The Hall–Kier alpha value is -1.06. The predicted octanol–water partition coefficient (Wildman–Crippen LogP) is 1.42. The quantitative estimate of drug-likeness (QED) is 0.597. The molecule has 0 fully saturated rings. The molecular formula is C8H14N2O2. The Kier molecular flexibility index (Phi) is 2.08. The Bertz CT molecular complexity index is 228. The molecule has 0 saturated carbocycles. The van der Waals surface area contributed by atoms with E-state index in [0.717, 1.165) is 0 Å². The standard InChI is InChI=1S/C8H14N2O2/c1-8(2,3)6-9-4-5-10(6)7(11)12/h4-5H2,1-3H3,(H,11,12). The lowest BCUT2D eigenvalue weighted by atomic mass is 9.94. The van der Waals surface area contributed by atoms with E-state index >= 15 is 0 Å². The third-order valence-corrected chi connectivity index (χ3v) is 1.74. The normalized spacial score (nSPS) is 17.9. The van der Waals surface area contributed by atoms with Crippen molar-refractivity contribution in [3.05, 3.63) is 0 Å². The maximum absolute atomic E-state index is 10.7. The van der Waals surface area contributed by atoms with Crippen molar-refractivity contribution < 1.29 is 9.90 Å². The summed E-state index contributed by atoms with van der Waals surface area (Å²) < 4.78 is 0. The number of hydrogen-bond acceptors (Lipinski definition) is 2. The van der Waals surface area contributed by atoms with E-state index in [1.54, 1.807) is 0 Å². The molecule has 0 aromatic rings. The van der Waals surface area contributed by atoms with Crippen molar-refractivity contribution in [2.75, 3.05) is 13.1 Å². The molecule has 1 aliphatic rings. The summed E-state index contributed by atoms with van der Waals surface area (Å²) in [5.41, 5.74) is -0.172. The van der Waals surface area contributed by atoms with E-state index in [9.17, 15) is 4.79 Å². The minimum Gasteiger partial charge on any atom is -0.465 e. The van der Waals surface area contributed by atoms with E-state index in [-0.39, 0.29) is 5.41 Å². The lowest BCUT2D eigenvalue weighted by molar-refractivity contribution is 0.169. The van der Waals surface area contributed by atoms with Gasteiger partial charge < -0.3 is 5.11 Å². The molecule has 0 saturated heterocycles. The molecule has 0 aromatic carbocycles. The number of nitrogens with zero attached hydrogens (tertiary/aromatic N) is 2. The third kappa shape index (κ3) is 1.57. The van der Waals surface area contributed by atoms with Crippen LogP contribution in [0.15, 0.2) is 4.99 Å². The van der Waals surface area contributed by atoms with Crippen molar-refractivity contribution in [3.63, 3.8) is 0 Å². The minimum atomic E-state index is -0.902. The molecule has 0 aromatic heterocycles. The van der Waals surface area contributed by atoms with Gasteiger partial charge in [0.2, 0.25) is 0 Å². The number of hydrogen-bond donors (Lipinski definition) is 1. The van der Waals surface area contributed by atoms with Gasteiger partial charge in [-0.3, -0.25) is 9.89 Å². The van der Waals surface area contributed by atoms with E-state index in [4.69, 9.17) is 5.11 Å². The Morgan fingerprint density at radius 1 is 1.58 bits per heavy atom. The van der Waals surface area contributed by atoms with Crippen LogP contribution < -0.4 is 0 Å². The fourth-order valence-electron chi connectivity index (χ4n) is 1.28. The van der Waals surface area contributed by atoms with Gasteiger partial charge in [0.25, 0.3) is 0 Å². The zero-order chi connectivity index (χ0) is 9.35. The largest absolute Gasteiger partial charge is 0.465 e. The SMILES string of the molecule is CC(C)(C)C1=NCCN1C(=O)O. The average Bonchev–Trinajstić information content (AvgIpc) is 2.30. The molecule has 0 unspecified atom stereocenters. The molecule has 1 rings (SSSR count). The maximum Gasteiger partial charge on any atom is 0.412 e. The van der Waals surface area contributed by atoms with Crippen molar-refractivity contribution >= 4 is 11.9 Å². The van der Waals surface area contributed by atoms with Gasteiger partial charge in [0.15, 0.2) is 0 Å². The molecule has 0 aliphatic carbocycles. The fraction of sp³-hybridized carbons (Fsp3) is 0.750. The van der Waals surface area contributed by atoms with Gasteiger partial charge in [-0.05, 0) is 0 Å². The highest BCUT2D eigenvalue weighted by Gasteiger charge is 2.31. The second-order valence-electron chi connectivity index (χ2n) is 3.89. The summed E-state index contributed by atoms with van der Waals surface area (Å²) in [6.45, 7) is 6.99. The first-order chi connectivity index (χ1) is 5.43. The molecule has 4 nitrogen and oxygen atoms in total. The van der Waals surface area contributed by atoms with Crippen LogP contribution >= 0.6 is 0 Å². The summed E-state index contributed by atoms with van der Waals surface area (Å²) in [4.78, 5) is 16.2. The second-order valence-corrected chi connectivity index (χ2v) is 3.89. The highest BCUT2D eigenvalue weighted by Crippen LogP contribution is 2.21. The molecule has 1 heterocycles. The van der Waals surface area contributed by atoms with Gasteiger partial charge in [-0.1, -0.05) is 20.8 Å². The predicted molar refractivity (Wildman–Crippen MR) is 46.5 cm³/mol. The number of rotatable bonds is 0. The van der Waals surface area contributed by atoms with Gasteiger partial charge in [-0.25, -0.2) is 4.79 Å². The molecular weight excluding hydrogens is 156 g/mol. The first-order valence-corrected chi connectivity index (χ1v) is 3.98. The molecule has 68 valence electrons. The molecule has 1 N–H and O–H groups in total. The van der Waals surface area contributed by atoms with Crippen molar-refractivity contribution in [1.82, 2.24) is 4.90 Å². The Balaban J connectivity index is 2.83. The highest BCUT2D eigenvalue weighted by molar-refractivity contribution is 5.98. The zero-order valence-electron chi connectivity index (χ0n) is 7.66. The van der Waals surface area contributed by atoms with Crippen LogP contribution in [0.5, 0.6) is 0 Å². The molecule has 0 bridgehead atoms. The molecule has 0 radical (unpaired) electrons. The smallest absolute Gasteiger partial charge is 0.412 e. The summed E-state index contributed by atoms with van der Waals surface area (Å²) in [7, 11) is 0. The summed E-state index contributed by atoms with van der Waals surface area (Å²) in [5.74, 6) is 0.676. The topological polar surface area (TPSA) is 52.9 Å². The number of aliphatic imine (C=N–C) groups is 1. The van der Waals surface area contributed by atoms with E-state index < -0.39 is 6.09 Å². The first-order valence-electron chi connectivity index (χ1n) is 3.98. The number of carbonyl (C=O) groups is 1. The van der Waals surface area contributed by atoms with Crippen molar-refractivity contribution in [2.24, 2.45) is 10.4 Å². The van der Waals surface area contributed by atoms with Gasteiger partial charge >= 0.3 is 6.09 Å². The maximum atomic E-state index is 10.7. The summed E-state index contributed by atoms with van der Waals surface area (Å²) in [6, 6.07) is 0. The number of amides is 1. The summed E-state index contributed by atoms with van der Waals surface area (Å²) in [6.07, 6.45) is -0.902. The Morgan fingerprint density at radius 3 is 2.50 bits per heavy atom. The van der Waals surface area contributed by atoms with Gasteiger partial charge in [-0.15, -0.1) is 0 Å². The minimum absolute atomic E-state index is 0.172. The lowest BCUT2D eigenvalue weighted by Gasteiger charge is -2.25. The highest BCUT2D eigenvalue weighted by atomic mass is 16.4. The van der Waals surface area contributed by atoms with Crippen LogP contribution in [0.3, 0.4) is 0 Å². The zero-order valence-corrected chi connectivity index (χ0v) is 7.66. The van der Waals surface area contributed by atoms with Crippen molar-refractivity contribution in [2.45, 2.75) is 20.8 Å². The summed E-state index contributed by atoms with van der Waals surface area (Å²) in [5, 5.41) is 8.79. The Morgan fingerprint density at radius 2 is 2.17 bits per heavy atom. The fourth-order valence-corrected chi connectivity index (χ4v) is 1.28. The average molecular weight is 170 g/mol. The van der Waals surface area contributed by atoms with Gasteiger partial charge in [0.05, 0.1) is 13.1 Å². The van der Waals surface area contributed by atoms with E-state index in [1.807, 2.05) is 20.8 Å². The second kappa shape index (κ2) is 2.77. The molecule has 12 heavy (non-hydrogen) atoms. The Labute approximate surface area is 71.9 Å². The molecule has 0 spiro atoms. The van der Waals surface area contributed by atoms with Crippen LogP contribution in [0.1, 0.15) is 20.8 Å².